The lowest BCUT2D eigenvalue weighted by Gasteiger charge is -2.40. The van der Waals surface area contributed by atoms with Gasteiger partial charge >= 0.3 is 0 Å². The van der Waals surface area contributed by atoms with Gasteiger partial charge in [-0.15, -0.1) is 0 Å². The van der Waals surface area contributed by atoms with Crippen LogP contribution in [0.25, 0.3) is 0 Å². The number of carbonyl (C=O) groups excluding carboxylic acids is 1. The van der Waals surface area contributed by atoms with E-state index in [4.69, 9.17) is 0 Å². The molecule has 2 rings (SSSR count). The molecular formula is C13H24N2O. The van der Waals surface area contributed by atoms with Crippen LogP contribution in [-0.4, -0.2) is 54.9 Å². The lowest BCUT2D eigenvalue weighted by Crippen LogP contribution is -2.47. The SMILES string of the molecule is CC(=O)C1CCN(C2CCN(C)CC2)CC1. The Morgan fingerprint density at radius 1 is 1.00 bits per heavy atom. The smallest absolute Gasteiger partial charge is 0.133 e. The summed E-state index contributed by atoms with van der Waals surface area (Å²) in [7, 11) is 2.21. The topological polar surface area (TPSA) is 23.6 Å². The largest absolute Gasteiger partial charge is 0.306 e. The van der Waals surface area contributed by atoms with Crippen molar-refractivity contribution in [1.82, 2.24) is 9.80 Å². The van der Waals surface area contributed by atoms with Crippen molar-refractivity contribution in [2.45, 2.75) is 38.6 Å². The fraction of sp³-hybridized carbons (Fsp3) is 0.923. The molecule has 2 heterocycles. The monoisotopic (exact) mass is 224 g/mol. The normalized spacial score (nSPS) is 27.1. The molecule has 0 atom stereocenters. The van der Waals surface area contributed by atoms with Crippen LogP contribution in [0.2, 0.25) is 0 Å². The number of hydrogen-bond donors (Lipinski definition) is 0. The molecule has 2 saturated heterocycles. The van der Waals surface area contributed by atoms with Crippen molar-refractivity contribution < 1.29 is 4.79 Å². The van der Waals surface area contributed by atoms with Crippen LogP contribution in [0.15, 0.2) is 0 Å². The maximum absolute atomic E-state index is 11.3. The Morgan fingerprint density at radius 2 is 1.56 bits per heavy atom. The van der Waals surface area contributed by atoms with Gasteiger partial charge in [0, 0.05) is 12.0 Å². The summed E-state index contributed by atoms with van der Waals surface area (Å²) in [6.07, 6.45) is 4.78. The van der Waals surface area contributed by atoms with Crippen LogP contribution in [0.4, 0.5) is 0 Å². The van der Waals surface area contributed by atoms with Crippen LogP contribution in [0.5, 0.6) is 0 Å². The van der Waals surface area contributed by atoms with E-state index in [2.05, 4.69) is 16.8 Å². The Morgan fingerprint density at radius 3 is 2.06 bits per heavy atom. The first kappa shape index (κ1) is 12.1. The lowest BCUT2D eigenvalue weighted by atomic mass is 9.91. The number of likely N-dealkylation sites (tertiary alicyclic amines) is 2. The highest BCUT2D eigenvalue weighted by Gasteiger charge is 2.28. The van der Waals surface area contributed by atoms with Crippen LogP contribution in [-0.2, 0) is 4.79 Å². The van der Waals surface area contributed by atoms with Crippen molar-refractivity contribution in [3.8, 4) is 0 Å². The molecule has 0 radical (unpaired) electrons. The Bertz CT molecular complexity index is 238. The molecule has 0 amide bonds. The van der Waals surface area contributed by atoms with E-state index in [0.717, 1.165) is 32.0 Å². The number of hydrogen-bond acceptors (Lipinski definition) is 3. The number of carbonyl (C=O) groups is 1. The van der Waals surface area contributed by atoms with Crippen molar-refractivity contribution in [3.63, 3.8) is 0 Å². The molecule has 0 aromatic carbocycles. The van der Waals surface area contributed by atoms with Gasteiger partial charge in [0.15, 0.2) is 0 Å². The minimum atomic E-state index is 0.350. The first-order valence-electron chi connectivity index (χ1n) is 6.60. The summed E-state index contributed by atoms with van der Waals surface area (Å²) in [5.41, 5.74) is 0. The Hall–Kier alpha value is -0.410. The highest BCUT2D eigenvalue weighted by atomic mass is 16.1. The third-order valence-corrected chi connectivity index (χ3v) is 4.31. The van der Waals surface area contributed by atoms with Gasteiger partial charge in [-0.3, -0.25) is 4.79 Å². The lowest BCUT2D eigenvalue weighted by molar-refractivity contribution is -0.122. The van der Waals surface area contributed by atoms with Gasteiger partial charge in [0.1, 0.15) is 5.78 Å². The average Bonchev–Trinajstić information content (AvgIpc) is 2.30. The molecule has 0 bridgehead atoms. The molecule has 92 valence electrons. The van der Waals surface area contributed by atoms with Crippen molar-refractivity contribution >= 4 is 5.78 Å². The van der Waals surface area contributed by atoms with Crippen LogP contribution in [0, 0.1) is 5.92 Å². The molecule has 2 aliphatic rings. The number of Topliss-reactive ketones (excluding diaryl/α,β-unsaturated/α-hetero) is 1. The summed E-state index contributed by atoms with van der Waals surface area (Å²) >= 11 is 0. The third-order valence-electron chi connectivity index (χ3n) is 4.31. The highest BCUT2D eigenvalue weighted by molar-refractivity contribution is 5.78. The molecule has 0 aromatic rings. The van der Waals surface area contributed by atoms with Gasteiger partial charge < -0.3 is 9.80 Å². The summed E-state index contributed by atoms with van der Waals surface area (Å²) in [6, 6.07) is 0.782. The molecule has 0 unspecified atom stereocenters. The molecule has 2 fully saturated rings. The summed E-state index contributed by atoms with van der Waals surface area (Å²) < 4.78 is 0. The van der Waals surface area contributed by atoms with E-state index in [1.165, 1.54) is 25.9 Å². The minimum Gasteiger partial charge on any atom is -0.306 e. The average molecular weight is 224 g/mol. The first-order chi connectivity index (χ1) is 7.66. The van der Waals surface area contributed by atoms with Gasteiger partial charge in [-0.25, -0.2) is 0 Å². The van der Waals surface area contributed by atoms with Gasteiger partial charge in [0.25, 0.3) is 0 Å². The second-order valence-corrected chi connectivity index (χ2v) is 5.46. The van der Waals surface area contributed by atoms with Gasteiger partial charge in [-0.05, 0) is 65.8 Å². The minimum absolute atomic E-state index is 0.350. The first-order valence-corrected chi connectivity index (χ1v) is 6.60. The van der Waals surface area contributed by atoms with E-state index >= 15 is 0 Å². The quantitative estimate of drug-likeness (QED) is 0.708. The Labute approximate surface area is 98.8 Å². The van der Waals surface area contributed by atoms with Crippen molar-refractivity contribution in [1.29, 1.82) is 0 Å². The summed E-state index contributed by atoms with van der Waals surface area (Å²) in [5, 5.41) is 0. The molecule has 16 heavy (non-hydrogen) atoms. The maximum atomic E-state index is 11.3. The molecule has 0 aromatic heterocycles. The van der Waals surface area contributed by atoms with E-state index in [9.17, 15) is 4.79 Å². The van der Waals surface area contributed by atoms with Crippen LogP contribution in [0.1, 0.15) is 32.6 Å². The fourth-order valence-electron chi connectivity index (χ4n) is 3.03. The van der Waals surface area contributed by atoms with Crippen molar-refractivity contribution in [2.24, 2.45) is 5.92 Å². The molecule has 0 spiro atoms. The zero-order valence-corrected chi connectivity index (χ0v) is 10.6. The van der Waals surface area contributed by atoms with Gasteiger partial charge in [-0.2, -0.15) is 0 Å². The maximum Gasteiger partial charge on any atom is 0.133 e. The van der Waals surface area contributed by atoms with Gasteiger partial charge in [0.05, 0.1) is 0 Å². The zero-order valence-electron chi connectivity index (χ0n) is 10.6. The van der Waals surface area contributed by atoms with Crippen LogP contribution in [0.3, 0.4) is 0 Å². The fourth-order valence-corrected chi connectivity index (χ4v) is 3.03. The molecule has 3 nitrogen and oxygen atoms in total. The predicted octanol–water partition coefficient (Wildman–Crippen LogP) is 1.38. The third kappa shape index (κ3) is 2.83. The second kappa shape index (κ2) is 5.28. The molecule has 2 aliphatic heterocycles. The molecule has 3 heteroatoms. The number of rotatable bonds is 2. The number of ketones is 1. The van der Waals surface area contributed by atoms with E-state index in [1.807, 2.05) is 0 Å². The molecule has 0 N–H and O–H groups in total. The number of piperidine rings is 2. The highest BCUT2D eigenvalue weighted by Crippen LogP contribution is 2.23. The predicted molar refractivity (Wildman–Crippen MR) is 65.5 cm³/mol. The Kier molecular flexibility index (Phi) is 3.98. The van der Waals surface area contributed by atoms with Gasteiger partial charge in [-0.1, -0.05) is 0 Å². The van der Waals surface area contributed by atoms with Crippen LogP contribution < -0.4 is 0 Å². The van der Waals surface area contributed by atoms with Crippen LogP contribution >= 0.6 is 0 Å². The molecule has 0 saturated carbocycles. The van der Waals surface area contributed by atoms with E-state index < -0.39 is 0 Å². The van der Waals surface area contributed by atoms with E-state index in [-0.39, 0.29) is 0 Å². The zero-order chi connectivity index (χ0) is 11.5. The summed E-state index contributed by atoms with van der Waals surface area (Å²) in [6.45, 7) is 6.49. The van der Waals surface area contributed by atoms with Crippen molar-refractivity contribution in [3.05, 3.63) is 0 Å². The number of nitrogens with zero attached hydrogens (tertiary/aromatic N) is 2. The standard InChI is InChI=1S/C13H24N2O/c1-11(16)12-3-9-15(10-4-12)13-5-7-14(2)8-6-13/h12-13H,3-10H2,1-2H3. The van der Waals surface area contributed by atoms with E-state index in [0.29, 0.717) is 11.7 Å². The Balaban J connectivity index is 1.78. The van der Waals surface area contributed by atoms with E-state index in [1.54, 1.807) is 6.92 Å². The second-order valence-electron chi connectivity index (χ2n) is 5.46. The molecule has 0 aliphatic carbocycles. The summed E-state index contributed by atoms with van der Waals surface area (Å²) in [4.78, 5) is 16.3. The van der Waals surface area contributed by atoms with Gasteiger partial charge in [0.2, 0.25) is 0 Å². The summed E-state index contributed by atoms with van der Waals surface area (Å²) in [5.74, 6) is 0.741. The molecular weight excluding hydrogens is 200 g/mol. The van der Waals surface area contributed by atoms with Crippen molar-refractivity contribution in [2.75, 3.05) is 33.2 Å².